The summed E-state index contributed by atoms with van der Waals surface area (Å²) in [5.41, 5.74) is 1.07. The Kier molecular flexibility index (Phi) is 5.71. The van der Waals surface area contributed by atoms with E-state index in [0.29, 0.717) is 11.3 Å². The van der Waals surface area contributed by atoms with Gasteiger partial charge in [-0.15, -0.1) is 0 Å². The maximum absolute atomic E-state index is 11.8. The number of hydrogen-bond acceptors (Lipinski definition) is 3. The van der Waals surface area contributed by atoms with Crippen molar-refractivity contribution in [3.05, 3.63) is 29.8 Å². The largest absolute Gasteiger partial charge is 0.481 e. The van der Waals surface area contributed by atoms with Crippen LogP contribution in [0.1, 0.15) is 24.8 Å². The summed E-state index contributed by atoms with van der Waals surface area (Å²) < 4.78 is 11.8. The number of carbonyl (C=O) groups excluding carboxylic acids is 1. The maximum atomic E-state index is 11.8. The Balaban J connectivity index is 2.42. The zero-order valence-electron chi connectivity index (χ0n) is 10.2. The summed E-state index contributed by atoms with van der Waals surface area (Å²) in [6, 6.07) is 7.19. The van der Waals surface area contributed by atoms with Gasteiger partial charge in [-0.2, -0.15) is 0 Å². The van der Waals surface area contributed by atoms with E-state index < -0.39 is 16.8 Å². The van der Waals surface area contributed by atoms with Gasteiger partial charge in [0.1, 0.15) is 5.78 Å². The Labute approximate surface area is 108 Å². The van der Waals surface area contributed by atoms with Crippen LogP contribution in [0.4, 0.5) is 0 Å². The number of aryl methyl sites for hydroxylation is 1. The van der Waals surface area contributed by atoms with Crippen molar-refractivity contribution in [1.82, 2.24) is 0 Å². The number of carboxylic acids is 1. The average molecular weight is 268 g/mol. The van der Waals surface area contributed by atoms with Crippen molar-refractivity contribution in [3.8, 4) is 0 Å². The lowest BCUT2D eigenvalue weighted by Gasteiger charge is -2.02. The van der Waals surface area contributed by atoms with E-state index in [4.69, 9.17) is 5.11 Å². The fraction of sp³-hybridized carbons (Fsp3) is 0.385. The van der Waals surface area contributed by atoms with Crippen LogP contribution in [0.15, 0.2) is 29.2 Å². The first-order valence-electron chi connectivity index (χ1n) is 5.67. The van der Waals surface area contributed by atoms with Gasteiger partial charge in [0, 0.05) is 17.7 Å². The van der Waals surface area contributed by atoms with Gasteiger partial charge in [0.2, 0.25) is 0 Å². The van der Waals surface area contributed by atoms with Crippen molar-refractivity contribution in [3.63, 3.8) is 0 Å². The van der Waals surface area contributed by atoms with Crippen LogP contribution in [0.3, 0.4) is 0 Å². The molecule has 0 saturated heterocycles. The van der Waals surface area contributed by atoms with Crippen LogP contribution < -0.4 is 0 Å². The third-order valence-corrected chi connectivity index (χ3v) is 3.80. The fourth-order valence-electron chi connectivity index (χ4n) is 1.43. The summed E-state index contributed by atoms with van der Waals surface area (Å²) in [6.07, 6.45) is 0.450. The van der Waals surface area contributed by atoms with E-state index in [1.807, 2.05) is 19.1 Å². The van der Waals surface area contributed by atoms with Crippen molar-refractivity contribution in [1.29, 1.82) is 0 Å². The molecule has 1 aromatic rings. The molecule has 1 rings (SSSR count). The van der Waals surface area contributed by atoms with Crippen molar-refractivity contribution in [2.45, 2.75) is 31.1 Å². The zero-order valence-corrected chi connectivity index (χ0v) is 11.0. The Morgan fingerprint density at radius 3 is 2.33 bits per heavy atom. The van der Waals surface area contributed by atoms with E-state index in [-0.39, 0.29) is 24.4 Å². The summed E-state index contributed by atoms with van der Waals surface area (Å²) in [4.78, 5) is 22.4. The normalized spacial score (nSPS) is 12.1. The summed E-state index contributed by atoms with van der Waals surface area (Å²) >= 11 is 0. The lowest BCUT2D eigenvalue weighted by Crippen LogP contribution is -2.11. The average Bonchev–Trinajstić information content (AvgIpc) is 2.29. The number of hydrogen-bond donors (Lipinski definition) is 1. The lowest BCUT2D eigenvalue weighted by atomic mass is 10.2. The molecule has 1 N–H and O–H groups in total. The fourth-order valence-corrected chi connectivity index (χ4v) is 2.47. The van der Waals surface area contributed by atoms with E-state index in [0.717, 1.165) is 5.56 Å². The summed E-state index contributed by atoms with van der Waals surface area (Å²) in [7, 11) is -1.33. The van der Waals surface area contributed by atoms with Gasteiger partial charge in [-0.05, 0) is 25.5 Å². The highest BCUT2D eigenvalue weighted by Gasteiger charge is 2.10. The second kappa shape index (κ2) is 7.06. The quantitative estimate of drug-likeness (QED) is 0.820. The molecule has 0 amide bonds. The van der Waals surface area contributed by atoms with E-state index in [9.17, 15) is 13.8 Å². The third-order valence-electron chi connectivity index (χ3n) is 2.42. The summed E-state index contributed by atoms with van der Waals surface area (Å²) in [5, 5.41) is 8.44. The molecule has 0 aromatic heterocycles. The number of carbonyl (C=O) groups is 2. The number of benzene rings is 1. The highest BCUT2D eigenvalue weighted by Crippen LogP contribution is 2.09. The molecule has 0 radical (unpaired) electrons. The predicted molar refractivity (Wildman–Crippen MR) is 68.9 cm³/mol. The Hall–Kier alpha value is -1.49. The van der Waals surface area contributed by atoms with Crippen molar-refractivity contribution >= 4 is 22.6 Å². The zero-order chi connectivity index (χ0) is 13.5. The minimum absolute atomic E-state index is 0.0249. The van der Waals surface area contributed by atoms with E-state index >= 15 is 0 Å². The standard InChI is InChI=1S/C13H16O4S/c1-10-5-7-12(8-6-10)18(17)9-11(14)3-2-4-13(15)16/h5-8H,2-4,9H2,1H3,(H,15,16)/t18-/m0/s1. The molecule has 4 nitrogen and oxygen atoms in total. The van der Waals surface area contributed by atoms with Gasteiger partial charge >= 0.3 is 5.97 Å². The van der Waals surface area contributed by atoms with Crippen LogP contribution in [-0.4, -0.2) is 26.8 Å². The van der Waals surface area contributed by atoms with Gasteiger partial charge in [0.05, 0.1) is 16.6 Å². The highest BCUT2D eigenvalue weighted by atomic mass is 32.2. The maximum Gasteiger partial charge on any atom is 0.303 e. The monoisotopic (exact) mass is 268 g/mol. The molecule has 1 aromatic carbocycles. The van der Waals surface area contributed by atoms with Crippen LogP contribution in [0, 0.1) is 6.92 Å². The van der Waals surface area contributed by atoms with Crippen molar-refractivity contribution < 1.29 is 18.9 Å². The number of ketones is 1. The molecule has 18 heavy (non-hydrogen) atoms. The summed E-state index contributed by atoms with van der Waals surface area (Å²) in [5.74, 6) is -1.11. The molecule has 0 saturated carbocycles. The molecular weight excluding hydrogens is 252 g/mol. The SMILES string of the molecule is Cc1ccc([S@@](=O)CC(=O)CCCC(=O)O)cc1. The number of rotatable bonds is 7. The second-order valence-electron chi connectivity index (χ2n) is 4.09. The molecule has 0 aliphatic rings. The highest BCUT2D eigenvalue weighted by molar-refractivity contribution is 7.85. The van der Waals surface area contributed by atoms with Gasteiger partial charge in [-0.25, -0.2) is 0 Å². The van der Waals surface area contributed by atoms with Crippen molar-refractivity contribution in [2.75, 3.05) is 5.75 Å². The number of carboxylic acid groups (broad SMARTS) is 1. The van der Waals surface area contributed by atoms with Crippen molar-refractivity contribution in [2.24, 2.45) is 0 Å². The molecule has 0 aliphatic heterocycles. The first-order valence-corrected chi connectivity index (χ1v) is 6.99. The number of aliphatic carboxylic acids is 1. The molecule has 0 unspecified atom stereocenters. The topological polar surface area (TPSA) is 71.4 Å². The van der Waals surface area contributed by atoms with E-state index in [1.54, 1.807) is 12.1 Å². The van der Waals surface area contributed by atoms with Gasteiger partial charge in [-0.1, -0.05) is 17.7 Å². The smallest absolute Gasteiger partial charge is 0.303 e. The molecule has 98 valence electrons. The van der Waals surface area contributed by atoms with Crippen LogP contribution in [0.5, 0.6) is 0 Å². The van der Waals surface area contributed by atoms with E-state index in [2.05, 4.69) is 0 Å². The molecule has 0 heterocycles. The summed E-state index contributed by atoms with van der Waals surface area (Å²) in [6.45, 7) is 1.93. The predicted octanol–water partition coefficient (Wildman–Crippen LogP) is 1.93. The molecule has 0 aliphatic carbocycles. The number of Topliss-reactive ketones (excluding diaryl/α,β-unsaturated/α-hetero) is 1. The Morgan fingerprint density at radius 2 is 1.78 bits per heavy atom. The van der Waals surface area contributed by atoms with Crippen LogP contribution in [0.2, 0.25) is 0 Å². The first-order chi connectivity index (χ1) is 8.49. The van der Waals surface area contributed by atoms with E-state index in [1.165, 1.54) is 0 Å². The molecule has 0 fully saturated rings. The van der Waals surface area contributed by atoms with Gasteiger partial charge in [0.25, 0.3) is 0 Å². The lowest BCUT2D eigenvalue weighted by molar-refractivity contribution is -0.137. The molecular formula is C13H16O4S. The molecule has 5 heteroatoms. The van der Waals surface area contributed by atoms with Crippen LogP contribution >= 0.6 is 0 Å². The second-order valence-corrected chi connectivity index (χ2v) is 5.54. The molecule has 1 atom stereocenters. The first kappa shape index (κ1) is 14.6. The molecule has 0 spiro atoms. The minimum Gasteiger partial charge on any atom is -0.481 e. The third kappa shape index (κ3) is 5.23. The Bertz CT molecular complexity index is 451. The molecule has 0 bridgehead atoms. The van der Waals surface area contributed by atoms with Gasteiger partial charge < -0.3 is 5.11 Å². The Morgan fingerprint density at radius 1 is 1.17 bits per heavy atom. The van der Waals surface area contributed by atoms with Crippen LogP contribution in [-0.2, 0) is 20.4 Å². The van der Waals surface area contributed by atoms with Gasteiger partial charge in [0.15, 0.2) is 0 Å². The van der Waals surface area contributed by atoms with Gasteiger partial charge in [-0.3, -0.25) is 13.8 Å². The van der Waals surface area contributed by atoms with Crippen LogP contribution in [0.25, 0.3) is 0 Å². The minimum atomic E-state index is -1.33.